The number of halogens is 1. The Morgan fingerprint density at radius 1 is 1.20 bits per heavy atom. The maximum Gasteiger partial charge on any atom is 0.211 e. The van der Waals surface area contributed by atoms with Crippen molar-refractivity contribution in [2.45, 2.75) is 13.3 Å². The second kappa shape index (κ2) is 5.36. The lowest BCUT2D eigenvalue weighted by atomic mass is 10.1. The molecule has 0 atom stereocenters. The number of nitrogens with two attached hydrogens (primary N) is 2. The molecule has 0 heterocycles. The maximum absolute atomic E-state index is 5.77. The molecule has 0 fully saturated rings. The largest absolute Gasteiger partial charge is 0.369 e. The van der Waals surface area contributed by atoms with Crippen molar-refractivity contribution in [3.63, 3.8) is 0 Å². The first-order chi connectivity index (χ1) is 7.08. The van der Waals surface area contributed by atoms with Crippen LogP contribution in [0.2, 0.25) is 5.02 Å². The zero-order valence-corrected chi connectivity index (χ0v) is 9.20. The highest BCUT2D eigenvalue weighted by atomic mass is 35.5. The van der Waals surface area contributed by atoms with Gasteiger partial charge < -0.3 is 11.5 Å². The molecule has 0 unspecified atom stereocenters. The molecule has 0 saturated heterocycles. The molecular formula is C10H13ClN4. The number of guanidine groups is 1. The van der Waals surface area contributed by atoms with Gasteiger partial charge >= 0.3 is 0 Å². The molecule has 0 aliphatic rings. The normalized spacial score (nSPS) is 11.2. The Morgan fingerprint density at radius 3 is 2.33 bits per heavy atom. The SMILES string of the molecule is C/C(Cc1ccc(Cl)cc1)=N/N=C(N)N. The second-order valence-electron chi connectivity index (χ2n) is 3.16. The van der Waals surface area contributed by atoms with Gasteiger partial charge in [0.05, 0.1) is 0 Å². The van der Waals surface area contributed by atoms with E-state index in [4.69, 9.17) is 23.1 Å². The summed E-state index contributed by atoms with van der Waals surface area (Å²) in [6.07, 6.45) is 0.702. The lowest BCUT2D eigenvalue weighted by Crippen LogP contribution is -2.22. The van der Waals surface area contributed by atoms with Crippen molar-refractivity contribution < 1.29 is 0 Å². The van der Waals surface area contributed by atoms with Gasteiger partial charge in [0.25, 0.3) is 0 Å². The van der Waals surface area contributed by atoms with Crippen molar-refractivity contribution in [1.29, 1.82) is 0 Å². The van der Waals surface area contributed by atoms with E-state index in [2.05, 4.69) is 10.2 Å². The lowest BCUT2D eigenvalue weighted by molar-refractivity contribution is 1.16. The van der Waals surface area contributed by atoms with Crippen LogP contribution in [0.1, 0.15) is 12.5 Å². The number of nitrogens with zero attached hydrogens (tertiary/aromatic N) is 2. The highest BCUT2D eigenvalue weighted by molar-refractivity contribution is 6.30. The van der Waals surface area contributed by atoms with Gasteiger partial charge in [-0.1, -0.05) is 23.7 Å². The van der Waals surface area contributed by atoms with Gasteiger partial charge in [0.1, 0.15) is 0 Å². The van der Waals surface area contributed by atoms with Crippen LogP contribution in [-0.4, -0.2) is 11.7 Å². The van der Waals surface area contributed by atoms with Crippen LogP contribution in [-0.2, 0) is 6.42 Å². The van der Waals surface area contributed by atoms with E-state index in [1.165, 1.54) is 0 Å². The first-order valence-electron chi connectivity index (χ1n) is 4.44. The summed E-state index contributed by atoms with van der Waals surface area (Å²) in [6, 6.07) is 7.56. The van der Waals surface area contributed by atoms with Gasteiger partial charge in [-0.25, -0.2) is 0 Å². The smallest absolute Gasteiger partial charge is 0.211 e. The zero-order chi connectivity index (χ0) is 11.3. The summed E-state index contributed by atoms with van der Waals surface area (Å²) in [6.45, 7) is 1.86. The summed E-state index contributed by atoms with van der Waals surface area (Å²) < 4.78 is 0. The number of benzene rings is 1. The monoisotopic (exact) mass is 224 g/mol. The molecule has 0 spiro atoms. The third-order valence-electron chi connectivity index (χ3n) is 1.71. The molecule has 1 rings (SSSR count). The van der Waals surface area contributed by atoms with Crippen molar-refractivity contribution in [3.05, 3.63) is 34.9 Å². The second-order valence-corrected chi connectivity index (χ2v) is 3.60. The average molecular weight is 225 g/mol. The molecule has 0 aliphatic carbocycles. The fraction of sp³-hybridized carbons (Fsp3) is 0.200. The van der Waals surface area contributed by atoms with Crippen LogP contribution in [0.25, 0.3) is 0 Å². The van der Waals surface area contributed by atoms with Crippen LogP contribution in [0.3, 0.4) is 0 Å². The highest BCUT2D eigenvalue weighted by Crippen LogP contribution is 2.10. The van der Waals surface area contributed by atoms with Crippen LogP contribution in [0.4, 0.5) is 0 Å². The summed E-state index contributed by atoms with van der Waals surface area (Å²) in [5.41, 5.74) is 12.3. The lowest BCUT2D eigenvalue weighted by Gasteiger charge is -1.99. The molecule has 0 amide bonds. The van der Waals surface area contributed by atoms with Crippen molar-refractivity contribution in [1.82, 2.24) is 0 Å². The van der Waals surface area contributed by atoms with Gasteiger partial charge in [-0.2, -0.15) is 5.10 Å². The average Bonchev–Trinajstić information content (AvgIpc) is 2.19. The van der Waals surface area contributed by atoms with Crippen molar-refractivity contribution >= 4 is 23.3 Å². The standard InChI is InChI=1S/C10H13ClN4/c1-7(14-15-10(12)13)6-8-2-4-9(11)5-3-8/h2-5H,6H2,1H3,(H4,12,13,15)/b14-7-. The van der Waals surface area contributed by atoms with E-state index in [1.807, 2.05) is 31.2 Å². The van der Waals surface area contributed by atoms with Crippen LogP contribution in [0, 0.1) is 0 Å². The minimum atomic E-state index is -0.0366. The molecule has 0 saturated carbocycles. The molecular weight excluding hydrogens is 212 g/mol. The molecule has 4 nitrogen and oxygen atoms in total. The molecule has 0 radical (unpaired) electrons. The van der Waals surface area contributed by atoms with E-state index in [0.29, 0.717) is 6.42 Å². The highest BCUT2D eigenvalue weighted by Gasteiger charge is 1.96. The summed E-state index contributed by atoms with van der Waals surface area (Å²) in [7, 11) is 0. The van der Waals surface area contributed by atoms with Crippen LogP contribution in [0.5, 0.6) is 0 Å². The molecule has 1 aromatic rings. The Hall–Kier alpha value is -1.55. The van der Waals surface area contributed by atoms with Crippen LogP contribution >= 0.6 is 11.6 Å². The molecule has 5 heteroatoms. The van der Waals surface area contributed by atoms with E-state index in [9.17, 15) is 0 Å². The first kappa shape index (κ1) is 11.5. The summed E-state index contributed by atoms with van der Waals surface area (Å²) in [5, 5.41) is 8.16. The van der Waals surface area contributed by atoms with Crippen LogP contribution < -0.4 is 11.5 Å². The van der Waals surface area contributed by atoms with Gasteiger partial charge in [-0.05, 0) is 24.6 Å². The van der Waals surface area contributed by atoms with E-state index in [0.717, 1.165) is 16.3 Å². The molecule has 80 valence electrons. The van der Waals surface area contributed by atoms with Crippen LogP contribution in [0.15, 0.2) is 34.5 Å². The van der Waals surface area contributed by atoms with E-state index in [1.54, 1.807) is 0 Å². The zero-order valence-electron chi connectivity index (χ0n) is 8.44. The van der Waals surface area contributed by atoms with E-state index in [-0.39, 0.29) is 5.96 Å². The Balaban J connectivity index is 2.66. The van der Waals surface area contributed by atoms with Crippen molar-refractivity contribution in [2.75, 3.05) is 0 Å². The topological polar surface area (TPSA) is 76.8 Å². The Bertz CT molecular complexity index is 377. The number of hydrogen-bond acceptors (Lipinski definition) is 2. The quantitative estimate of drug-likeness (QED) is 0.464. The summed E-state index contributed by atoms with van der Waals surface area (Å²) in [5.74, 6) is -0.0366. The molecule has 0 aromatic heterocycles. The number of rotatable bonds is 3. The first-order valence-corrected chi connectivity index (χ1v) is 4.82. The third kappa shape index (κ3) is 4.46. The fourth-order valence-electron chi connectivity index (χ4n) is 1.08. The predicted molar refractivity (Wildman–Crippen MR) is 64.1 cm³/mol. The molecule has 15 heavy (non-hydrogen) atoms. The molecule has 0 bridgehead atoms. The van der Waals surface area contributed by atoms with Gasteiger partial charge in [-0.3, -0.25) is 0 Å². The molecule has 1 aromatic carbocycles. The Kier molecular flexibility index (Phi) is 4.12. The van der Waals surface area contributed by atoms with Gasteiger partial charge in [0.2, 0.25) is 5.96 Å². The Labute approximate surface area is 93.6 Å². The summed E-state index contributed by atoms with van der Waals surface area (Å²) >= 11 is 5.77. The van der Waals surface area contributed by atoms with Crippen molar-refractivity contribution in [2.24, 2.45) is 21.7 Å². The Morgan fingerprint density at radius 2 is 1.80 bits per heavy atom. The van der Waals surface area contributed by atoms with E-state index >= 15 is 0 Å². The third-order valence-corrected chi connectivity index (χ3v) is 1.96. The number of hydrogen-bond donors (Lipinski definition) is 2. The van der Waals surface area contributed by atoms with Gasteiger partial charge in [0, 0.05) is 17.2 Å². The maximum atomic E-state index is 5.77. The van der Waals surface area contributed by atoms with Gasteiger partial charge in [0.15, 0.2) is 0 Å². The fourth-order valence-corrected chi connectivity index (χ4v) is 1.20. The van der Waals surface area contributed by atoms with Gasteiger partial charge in [-0.15, -0.1) is 5.10 Å². The van der Waals surface area contributed by atoms with E-state index < -0.39 is 0 Å². The molecule has 4 N–H and O–H groups in total. The minimum Gasteiger partial charge on any atom is -0.369 e. The minimum absolute atomic E-state index is 0.0366. The predicted octanol–water partition coefficient (Wildman–Crippen LogP) is 1.53. The summed E-state index contributed by atoms with van der Waals surface area (Å²) in [4.78, 5) is 0. The van der Waals surface area contributed by atoms with Crippen molar-refractivity contribution in [3.8, 4) is 0 Å². The molecule has 0 aliphatic heterocycles.